The molecule has 0 N–H and O–H groups in total. The fourth-order valence-corrected chi connectivity index (χ4v) is 5.56. The van der Waals surface area contributed by atoms with E-state index in [-0.39, 0.29) is 5.78 Å². The number of hydrogen-bond acceptors (Lipinski definition) is 5. The molecule has 0 bridgehead atoms. The van der Waals surface area contributed by atoms with E-state index in [1.165, 1.54) is 32.1 Å². The van der Waals surface area contributed by atoms with E-state index in [2.05, 4.69) is 27.9 Å². The van der Waals surface area contributed by atoms with Crippen molar-refractivity contribution in [3.63, 3.8) is 0 Å². The molecule has 2 saturated heterocycles. The van der Waals surface area contributed by atoms with Crippen molar-refractivity contribution in [2.75, 3.05) is 36.0 Å². The molecular weight excluding hydrogens is 374 g/mol. The van der Waals surface area contributed by atoms with Crippen LogP contribution in [0.15, 0.2) is 34.9 Å². The Hall–Kier alpha value is -2.82. The van der Waals surface area contributed by atoms with E-state index in [9.17, 15) is 4.79 Å². The quantitative estimate of drug-likeness (QED) is 0.458. The van der Waals surface area contributed by atoms with E-state index in [0.29, 0.717) is 5.92 Å². The Morgan fingerprint density at radius 3 is 2.53 bits per heavy atom. The lowest BCUT2D eigenvalue weighted by Crippen LogP contribution is -2.35. The van der Waals surface area contributed by atoms with Gasteiger partial charge in [0.2, 0.25) is 0 Å². The van der Waals surface area contributed by atoms with Gasteiger partial charge in [-0.2, -0.15) is 0 Å². The van der Waals surface area contributed by atoms with Crippen molar-refractivity contribution < 1.29 is 9.32 Å². The molecule has 5 nitrogen and oxygen atoms in total. The van der Waals surface area contributed by atoms with Gasteiger partial charge in [-0.3, -0.25) is 4.79 Å². The zero-order valence-corrected chi connectivity index (χ0v) is 17.5. The summed E-state index contributed by atoms with van der Waals surface area (Å²) in [6.45, 7) is 6.39. The zero-order chi connectivity index (χ0) is 20.2. The van der Waals surface area contributed by atoms with Crippen LogP contribution in [0.5, 0.6) is 0 Å². The maximum atomic E-state index is 13.7. The largest absolute Gasteiger partial charge is 0.371 e. The minimum Gasteiger partial charge on any atom is -0.371 e. The van der Waals surface area contributed by atoms with Crippen molar-refractivity contribution in [3.8, 4) is 11.3 Å². The Kier molecular flexibility index (Phi) is 4.12. The Morgan fingerprint density at radius 1 is 0.967 bits per heavy atom. The second-order valence-corrected chi connectivity index (χ2v) is 9.14. The van der Waals surface area contributed by atoms with Gasteiger partial charge in [-0.15, -0.1) is 0 Å². The summed E-state index contributed by atoms with van der Waals surface area (Å²) < 4.78 is 5.92. The topological polar surface area (TPSA) is 49.6 Å². The first-order valence-corrected chi connectivity index (χ1v) is 11.3. The molecule has 0 spiro atoms. The smallest absolute Gasteiger partial charge is 0.196 e. The summed E-state index contributed by atoms with van der Waals surface area (Å²) in [7, 11) is 0. The average molecular weight is 402 g/mol. The Balaban J connectivity index is 1.63. The van der Waals surface area contributed by atoms with Crippen molar-refractivity contribution >= 4 is 28.1 Å². The standard InChI is InChI=1S/C25H27N3O2/c1-16-8-7-13-28(15-16)20-14-19(27-11-5-2-6-12-27)21-22-23(20)26-30-25(22)18-10-4-3-9-17(18)24(21)29/h3-4,9-10,14,16H,2,5-8,11-13,15H2,1H3/t16-/m0/s1. The number of hydrogen-bond donors (Lipinski definition) is 0. The number of anilines is 2. The summed E-state index contributed by atoms with van der Waals surface area (Å²) in [6, 6.07) is 10.0. The number of fused-ring (bicyclic) bond motifs is 2. The lowest BCUT2D eigenvalue weighted by molar-refractivity contribution is 0.104. The molecule has 5 heteroatoms. The van der Waals surface area contributed by atoms with Crippen molar-refractivity contribution in [1.29, 1.82) is 0 Å². The molecule has 2 fully saturated rings. The van der Waals surface area contributed by atoms with Gasteiger partial charge in [0.1, 0.15) is 5.52 Å². The van der Waals surface area contributed by atoms with Crippen LogP contribution in [-0.2, 0) is 0 Å². The molecule has 0 saturated carbocycles. The van der Waals surface area contributed by atoms with Crippen LogP contribution in [0.1, 0.15) is 54.9 Å². The highest BCUT2D eigenvalue weighted by atomic mass is 16.5. The highest BCUT2D eigenvalue weighted by Gasteiger charge is 2.35. The third kappa shape index (κ3) is 2.60. The van der Waals surface area contributed by atoms with Gasteiger partial charge < -0.3 is 14.3 Å². The van der Waals surface area contributed by atoms with Crippen molar-refractivity contribution in [2.24, 2.45) is 5.92 Å². The molecule has 0 unspecified atom stereocenters. The first-order valence-electron chi connectivity index (χ1n) is 11.3. The second-order valence-electron chi connectivity index (χ2n) is 9.14. The fraction of sp³-hybridized carbons (Fsp3) is 0.440. The van der Waals surface area contributed by atoms with Crippen LogP contribution in [0, 0.1) is 5.92 Å². The maximum absolute atomic E-state index is 13.7. The van der Waals surface area contributed by atoms with Crippen LogP contribution in [0.2, 0.25) is 0 Å². The number of rotatable bonds is 2. The number of nitrogens with zero attached hydrogens (tertiary/aromatic N) is 3. The molecule has 154 valence electrons. The van der Waals surface area contributed by atoms with Crippen molar-refractivity contribution in [2.45, 2.75) is 39.0 Å². The Bertz CT molecular complexity index is 1140. The summed E-state index contributed by atoms with van der Waals surface area (Å²) in [5, 5.41) is 5.43. The molecule has 30 heavy (non-hydrogen) atoms. The molecule has 2 aromatic carbocycles. The summed E-state index contributed by atoms with van der Waals surface area (Å²) in [4.78, 5) is 18.6. The van der Waals surface area contributed by atoms with Gasteiger partial charge in [-0.1, -0.05) is 36.3 Å². The molecular formula is C25H27N3O2. The van der Waals surface area contributed by atoms with Crippen LogP contribution >= 0.6 is 0 Å². The summed E-state index contributed by atoms with van der Waals surface area (Å²) >= 11 is 0. The van der Waals surface area contributed by atoms with Gasteiger partial charge in [-0.05, 0) is 44.1 Å². The van der Waals surface area contributed by atoms with Crippen molar-refractivity contribution in [3.05, 3.63) is 41.5 Å². The van der Waals surface area contributed by atoms with Gasteiger partial charge in [-0.25, -0.2) is 0 Å². The molecule has 3 aliphatic rings. The normalized spacial score (nSPS) is 21.2. The highest BCUT2D eigenvalue weighted by Crippen LogP contribution is 2.47. The molecule has 0 amide bonds. The number of carbonyl (C=O) groups is 1. The van der Waals surface area contributed by atoms with E-state index in [1.807, 2.05) is 24.3 Å². The van der Waals surface area contributed by atoms with Crippen LogP contribution in [0.4, 0.5) is 11.4 Å². The SMILES string of the molecule is C[C@H]1CCCN(c2cc(N3CCCCC3)c3c4c(onc24)-c2ccccc2C3=O)C1. The zero-order valence-electron chi connectivity index (χ0n) is 17.5. The van der Waals surface area contributed by atoms with Crippen LogP contribution in [0.25, 0.3) is 22.2 Å². The van der Waals surface area contributed by atoms with Crippen LogP contribution < -0.4 is 9.80 Å². The average Bonchev–Trinajstić information content (AvgIpc) is 3.23. The van der Waals surface area contributed by atoms with Gasteiger partial charge >= 0.3 is 0 Å². The first kappa shape index (κ1) is 18.0. The Labute approximate surface area is 176 Å². The number of benzene rings is 2. The van der Waals surface area contributed by atoms with E-state index in [1.54, 1.807) is 0 Å². The van der Waals surface area contributed by atoms with Gasteiger partial charge in [0.05, 0.1) is 22.3 Å². The number of piperidine rings is 2. The van der Waals surface area contributed by atoms with Gasteiger partial charge in [0, 0.05) is 37.3 Å². The number of ketones is 1. The summed E-state index contributed by atoms with van der Waals surface area (Å²) in [6.07, 6.45) is 6.08. The third-order valence-electron chi connectivity index (χ3n) is 7.05. The maximum Gasteiger partial charge on any atom is 0.196 e. The Morgan fingerprint density at radius 2 is 1.73 bits per heavy atom. The number of aromatic nitrogens is 1. The van der Waals surface area contributed by atoms with Gasteiger partial charge in [0.15, 0.2) is 11.5 Å². The second kappa shape index (κ2) is 6.86. The molecule has 2 aliphatic heterocycles. The summed E-state index contributed by atoms with van der Waals surface area (Å²) in [5.41, 5.74) is 5.42. The predicted molar refractivity (Wildman–Crippen MR) is 120 cm³/mol. The van der Waals surface area contributed by atoms with E-state index >= 15 is 0 Å². The molecule has 0 radical (unpaired) electrons. The van der Waals surface area contributed by atoms with E-state index in [4.69, 9.17) is 4.52 Å². The lowest BCUT2D eigenvalue weighted by atomic mass is 9.85. The molecule has 3 heterocycles. The minimum atomic E-state index is 0.102. The van der Waals surface area contributed by atoms with Crippen LogP contribution in [0.3, 0.4) is 0 Å². The summed E-state index contributed by atoms with van der Waals surface area (Å²) in [5.74, 6) is 1.51. The third-order valence-corrected chi connectivity index (χ3v) is 7.05. The fourth-order valence-electron chi connectivity index (χ4n) is 5.56. The molecule has 3 aromatic rings. The van der Waals surface area contributed by atoms with E-state index < -0.39 is 0 Å². The molecule has 1 atom stereocenters. The predicted octanol–water partition coefficient (Wildman–Crippen LogP) is 5.27. The molecule has 6 rings (SSSR count). The molecule has 1 aromatic heterocycles. The number of carbonyl (C=O) groups excluding carboxylic acids is 1. The van der Waals surface area contributed by atoms with E-state index in [0.717, 1.165) is 70.9 Å². The highest BCUT2D eigenvalue weighted by molar-refractivity contribution is 6.28. The van der Waals surface area contributed by atoms with Crippen LogP contribution in [-0.4, -0.2) is 37.1 Å². The van der Waals surface area contributed by atoms with Gasteiger partial charge in [0.25, 0.3) is 0 Å². The van der Waals surface area contributed by atoms with Crippen molar-refractivity contribution in [1.82, 2.24) is 5.16 Å². The molecule has 1 aliphatic carbocycles. The minimum absolute atomic E-state index is 0.102. The lowest BCUT2D eigenvalue weighted by Gasteiger charge is -2.36. The first-order chi connectivity index (χ1) is 14.7. The monoisotopic (exact) mass is 401 g/mol.